The minimum absolute atomic E-state index is 0.0585. The lowest BCUT2D eigenvalue weighted by molar-refractivity contribution is 0.0950. The highest BCUT2D eigenvalue weighted by Gasteiger charge is 2.23. The number of alkyl halides is 1. The summed E-state index contributed by atoms with van der Waals surface area (Å²) in [7, 11) is -2.64. The predicted octanol–water partition coefficient (Wildman–Crippen LogP) is 3.04. The molecule has 0 bridgehead atoms. The highest BCUT2D eigenvalue weighted by Crippen LogP contribution is 2.23. The lowest BCUT2D eigenvalue weighted by Crippen LogP contribution is -2.51. The van der Waals surface area contributed by atoms with Crippen molar-refractivity contribution in [1.82, 2.24) is 20.5 Å². The molecule has 0 saturated carbocycles. The zero-order chi connectivity index (χ0) is 24.7. The van der Waals surface area contributed by atoms with Crippen LogP contribution in [0.25, 0.3) is 0 Å². The second kappa shape index (κ2) is 11.5. The number of nitrogens with zero attached hydrogens (tertiary/aromatic N) is 1. The van der Waals surface area contributed by atoms with Crippen molar-refractivity contribution in [3.63, 3.8) is 0 Å². The summed E-state index contributed by atoms with van der Waals surface area (Å²) in [6.07, 6.45) is 2.00. The first-order valence-corrected chi connectivity index (χ1v) is 12.8. The van der Waals surface area contributed by atoms with E-state index in [-0.39, 0.29) is 17.3 Å². The van der Waals surface area contributed by atoms with E-state index in [0.717, 1.165) is 12.8 Å². The fraction of sp³-hybridized carbons (Fsp3) is 0.391. The van der Waals surface area contributed by atoms with Crippen LogP contribution in [0.15, 0.2) is 53.4 Å². The largest absolute Gasteiger partial charge is 0.496 e. The number of halogens is 1. The molecular formula is C23H29ClN4O5S. The number of piperidine rings is 1. The highest BCUT2D eigenvalue weighted by atomic mass is 35.5. The quantitative estimate of drug-likeness (QED) is 0.472. The van der Waals surface area contributed by atoms with E-state index in [0.29, 0.717) is 35.9 Å². The highest BCUT2D eigenvalue weighted by molar-refractivity contribution is 7.90. The molecule has 1 aliphatic heterocycles. The second-order valence-electron chi connectivity index (χ2n) is 8.19. The monoisotopic (exact) mass is 508 g/mol. The van der Waals surface area contributed by atoms with Gasteiger partial charge in [0, 0.05) is 19.6 Å². The van der Waals surface area contributed by atoms with Crippen LogP contribution in [0.3, 0.4) is 0 Å². The molecule has 1 heterocycles. The summed E-state index contributed by atoms with van der Waals surface area (Å²) in [5.41, 5.74) is 3.44. The number of benzene rings is 2. The zero-order valence-electron chi connectivity index (χ0n) is 19.1. The Bertz CT molecular complexity index is 1130. The molecule has 0 radical (unpaired) electrons. The Kier molecular flexibility index (Phi) is 8.76. The molecular weight excluding hydrogens is 480 g/mol. The molecule has 2 atom stereocenters. The molecule has 1 fully saturated rings. The summed E-state index contributed by atoms with van der Waals surface area (Å²) in [5.74, 6) is 0.492. The first-order valence-electron chi connectivity index (χ1n) is 10.9. The molecule has 3 amide bonds. The molecule has 3 rings (SSSR count). The summed E-state index contributed by atoms with van der Waals surface area (Å²) in [4.78, 5) is 24.6. The van der Waals surface area contributed by atoms with Crippen LogP contribution in [-0.4, -0.2) is 52.1 Å². The second-order valence-corrected chi connectivity index (χ2v) is 10.4. The van der Waals surface area contributed by atoms with Gasteiger partial charge in [-0.15, -0.1) is 11.6 Å². The molecule has 34 heavy (non-hydrogen) atoms. The zero-order valence-corrected chi connectivity index (χ0v) is 20.7. The predicted molar refractivity (Wildman–Crippen MR) is 129 cm³/mol. The van der Waals surface area contributed by atoms with Gasteiger partial charge in [0.15, 0.2) is 0 Å². The van der Waals surface area contributed by atoms with Gasteiger partial charge >= 0.3 is 6.03 Å². The average Bonchev–Trinajstić information content (AvgIpc) is 2.82. The van der Waals surface area contributed by atoms with Crippen molar-refractivity contribution < 1.29 is 22.7 Å². The Morgan fingerprint density at radius 3 is 2.71 bits per heavy atom. The maximum atomic E-state index is 12.7. The van der Waals surface area contributed by atoms with E-state index in [9.17, 15) is 18.0 Å². The minimum atomic E-state index is -4.11. The minimum Gasteiger partial charge on any atom is -0.496 e. The van der Waals surface area contributed by atoms with Crippen molar-refractivity contribution in [1.29, 1.82) is 0 Å². The molecule has 11 heteroatoms. The molecule has 1 aliphatic rings. The van der Waals surface area contributed by atoms with Crippen molar-refractivity contribution in [2.45, 2.75) is 30.0 Å². The van der Waals surface area contributed by atoms with Gasteiger partial charge in [-0.25, -0.2) is 22.9 Å². The number of hydrogen-bond donors (Lipinski definition) is 3. The summed E-state index contributed by atoms with van der Waals surface area (Å²) >= 11 is 6.43. The Labute approximate surface area is 204 Å². The number of hydrazine groups is 1. The fourth-order valence-corrected chi connectivity index (χ4v) is 4.91. The van der Waals surface area contributed by atoms with Crippen LogP contribution >= 0.6 is 11.6 Å². The number of carbonyl (C=O) groups is 2. The topological polar surface area (TPSA) is 117 Å². The number of sulfonamides is 1. The van der Waals surface area contributed by atoms with Crippen molar-refractivity contribution in [3.8, 4) is 5.75 Å². The van der Waals surface area contributed by atoms with E-state index < -0.39 is 21.4 Å². The van der Waals surface area contributed by atoms with E-state index in [4.69, 9.17) is 16.3 Å². The number of methoxy groups -OCH3 is 1. The summed E-state index contributed by atoms with van der Waals surface area (Å²) in [6, 6.07) is 11.9. The number of carbonyl (C=O) groups excluding carboxylic acids is 2. The van der Waals surface area contributed by atoms with Crippen LogP contribution < -0.4 is 20.2 Å². The van der Waals surface area contributed by atoms with Gasteiger partial charge in [0.25, 0.3) is 15.9 Å². The van der Waals surface area contributed by atoms with Gasteiger partial charge in [0.05, 0.1) is 22.9 Å². The third-order valence-corrected chi connectivity index (χ3v) is 7.20. The van der Waals surface area contributed by atoms with Crippen LogP contribution in [0.2, 0.25) is 0 Å². The van der Waals surface area contributed by atoms with Crippen molar-refractivity contribution in [2.24, 2.45) is 5.92 Å². The van der Waals surface area contributed by atoms with Gasteiger partial charge < -0.3 is 10.1 Å². The number of nitrogens with one attached hydrogen (secondary N) is 3. The van der Waals surface area contributed by atoms with E-state index in [1.165, 1.54) is 25.3 Å². The molecule has 3 N–H and O–H groups in total. The molecule has 2 aromatic carbocycles. The van der Waals surface area contributed by atoms with Gasteiger partial charge in [0.1, 0.15) is 5.75 Å². The Morgan fingerprint density at radius 1 is 1.21 bits per heavy atom. The Balaban J connectivity index is 1.61. The summed E-state index contributed by atoms with van der Waals surface area (Å²) < 4.78 is 32.7. The normalized spacial score (nSPS) is 17.4. The first-order chi connectivity index (χ1) is 16.2. The number of urea groups is 1. The molecule has 9 nitrogen and oxygen atoms in total. The average molecular weight is 509 g/mol. The molecule has 1 saturated heterocycles. The maximum Gasteiger partial charge on any atom is 0.343 e. The molecule has 0 spiro atoms. The standard InChI is InChI=1S/C23H29ClN4O5S/c1-16-7-6-12-28(15-16)26-23(30)27-34(31,32)18-9-5-8-17(13-18)20(24)14-25-22(29)19-10-3-4-11-21(19)33-2/h3-5,8-11,13,16,20H,6-7,12,14-15H2,1-2H3,(H,25,29)(H2,26,27,30). The number of hydrogen-bond acceptors (Lipinski definition) is 6. The van der Waals surface area contributed by atoms with Gasteiger partial charge in [-0.3, -0.25) is 10.2 Å². The number of rotatable bonds is 8. The van der Waals surface area contributed by atoms with Crippen LogP contribution in [0.5, 0.6) is 5.75 Å². The van der Waals surface area contributed by atoms with E-state index >= 15 is 0 Å². The fourth-order valence-electron chi connectivity index (χ4n) is 3.74. The molecule has 2 unspecified atom stereocenters. The molecule has 0 aromatic heterocycles. The van der Waals surface area contributed by atoms with Gasteiger partial charge in [-0.2, -0.15) is 0 Å². The van der Waals surface area contributed by atoms with Crippen LogP contribution in [-0.2, 0) is 10.0 Å². The summed E-state index contributed by atoms with van der Waals surface area (Å²) in [6.45, 7) is 3.47. The number of amides is 3. The smallest absolute Gasteiger partial charge is 0.343 e. The number of para-hydroxylation sites is 1. The third kappa shape index (κ3) is 6.85. The van der Waals surface area contributed by atoms with Crippen LogP contribution in [0.1, 0.15) is 41.1 Å². The molecule has 184 valence electrons. The SMILES string of the molecule is COc1ccccc1C(=O)NCC(Cl)c1cccc(S(=O)(=O)NC(=O)NN2CCCC(C)C2)c1. The number of ether oxygens (including phenoxy) is 1. The van der Waals surface area contributed by atoms with Crippen molar-refractivity contribution >= 4 is 33.6 Å². The van der Waals surface area contributed by atoms with Gasteiger partial charge in [-0.1, -0.05) is 31.2 Å². The Hall–Kier alpha value is -2.82. The third-order valence-electron chi connectivity index (χ3n) is 5.47. The van der Waals surface area contributed by atoms with Crippen LogP contribution in [0.4, 0.5) is 4.79 Å². The lowest BCUT2D eigenvalue weighted by Gasteiger charge is -2.30. The molecule has 2 aromatic rings. The van der Waals surface area contributed by atoms with Crippen LogP contribution in [0, 0.1) is 5.92 Å². The van der Waals surface area contributed by atoms with E-state index in [1.54, 1.807) is 35.3 Å². The maximum absolute atomic E-state index is 12.7. The van der Waals surface area contributed by atoms with Gasteiger partial charge in [0.2, 0.25) is 0 Å². The van der Waals surface area contributed by atoms with Crippen molar-refractivity contribution in [2.75, 3.05) is 26.7 Å². The lowest BCUT2D eigenvalue weighted by atomic mass is 10.0. The van der Waals surface area contributed by atoms with E-state index in [1.807, 2.05) is 4.72 Å². The Morgan fingerprint density at radius 2 is 1.97 bits per heavy atom. The molecule has 0 aliphatic carbocycles. The van der Waals surface area contributed by atoms with E-state index in [2.05, 4.69) is 17.7 Å². The van der Waals surface area contributed by atoms with Crippen molar-refractivity contribution in [3.05, 3.63) is 59.7 Å². The van der Waals surface area contributed by atoms with Gasteiger partial charge in [-0.05, 0) is 48.6 Å². The first kappa shape index (κ1) is 25.8. The summed E-state index contributed by atoms with van der Waals surface area (Å²) in [5, 5.41) is 3.75.